The lowest BCUT2D eigenvalue weighted by Gasteiger charge is -2.22. The molecule has 19 heavy (non-hydrogen) atoms. The van der Waals surface area contributed by atoms with E-state index in [-0.39, 0.29) is 5.56 Å². The Morgan fingerprint density at radius 1 is 1.16 bits per heavy atom. The number of halogens is 5. The third-order valence-corrected chi connectivity index (χ3v) is 2.33. The predicted octanol–water partition coefficient (Wildman–Crippen LogP) is 2.03. The molecule has 0 aliphatic carbocycles. The average Bonchev–Trinajstić information content (AvgIpc) is 2.35. The van der Waals surface area contributed by atoms with Crippen LogP contribution in [-0.4, -0.2) is 29.7 Å². The number of amides is 1. The van der Waals surface area contributed by atoms with Gasteiger partial charge in [0.25, 0.3) is 0 Å². The van der Waals surface area contributed by atoms with E-state index >= 15 is 0 Å². The topological polar surface area (TPSA) is 49.3 Å². The van der Waals surface area contributed by atoms with E-state index < -0.39 is 30.7 Å². The molecule has 106 valence electrons. The van der Waals surface area contributed by atoms with Gasteiger partial charge in [-0.15, -0.1) is 0 Å². The quantitative estimate of drug-likeness (QED) is 0.831. The van der Waals surface area contributed by atoms with Gasteiger partial charge in [0.1, 0.15) is 0 Å². The van der Waals surface area contributed by atoms with Crippen LogP contribution in [0.4, 0.5) is 22.0 Å². The molecule has 0 unspecified atom stereocenters. The van der Waals surface area contributed by atoms with Crippen molar-refractivity contribution in [3.05, 3.63) is 35.9 Å². The second-order valence-electron chi connectivity index (χ2n) is 3.69. The van der Waals surface area contributed by atoms with Gasteiger partial charge >= 0.3 is 18.0 Å². The highest BCUT2D eigenvalue weighted by molar-refractivity contribution is 5.84. The van der Waals surface area contributed by atoms with Crippen LogP contribution in [0.1, 0.15) is 11.6 Å². The summed E-state index contributed by atoms with van der Waals surface area (Å²) in [5.41, 5.74) is 0.219. The van der Waals surface area contributed by atoms with Gasteiger partial charge in [-0.3, -0.25) is 4.79 Å². The molecular formula is C11H10F5NO2. The first-order valence-corrected chi connectivity index (χ1v) is 5.11. The minimum atomic E-state index is -5.98. The Bertz CT molecular complexity index is 432. The second-order valence-corrected chi connectivity index (χ2v) is 3.69. The molecule has 0 saturated heterocycles. The standard InChI is InChI=1S/C11H10F5NO2/c12-10(13,11(14,15)16)9(19)17-8(6-18)7-4-2-1-3-5-7/h1-5,8,18H,6H2,(H,17,19)/t8-/m1/s1. The van der Waals surface area contributed by atoms with E-state index in [1.165, 1.54) is 29.6 Å². The van der Waals surface area contributed by atoms with E-state index in [1.807, 2.05) is 0 Å². The first kappa shape index (κ1) is 15.4. The van der Waals surface area contributed by atoms with Crippen LogP contribution in [0.25, 0.3) is 0 Å². The fourth-order valence-electron chi connectivity index (χ4n) is 1.30. The van der Waals surface area contributed by atoms with Gasteiger partial charge in [-0.2, -0.15) is 22.0 Å². The van der Waals surface area contributed by atoms with Crippen molar-refractivity contribution >= 4 is 5.91 Å². The minimum absolute atomic E-state index is 0.219. The summed E-state index contributed by atoms with van der Waals surface area (Å²) in [6.07, 6.45) is -5.98. The van der Waals surface area contributed by atoms with E-state index in [9.17, 15) is 26.7 Å². The SMILES string of the molecule is O=C(N[C@H](CO)c1ccccc1)C(F)(F)C(F)(F)F. The number of benzene rings is 1. The highest BCUT2D eigenvalue weighted by Crippen LogP contribution is 2.35. The van der Waals surface area contributed by atoms with Crippen molar-refractivity contribution in [2.75, 3.05) is 6.61 Å². The normalized spacial score (nSPS) is 14.0. The number of carbonyl (C=O) groups excluding carboxylic acids is 1. The molecule has 0 aliphatic rings. The number of alkyl halides is 5. The second kappa shape index (κ2) is 5.52. The maximum atomic E-state index is 12.7. The monoisotopic (exact) mass is 283 g/mol. The Labute approximate surface area is 105 Å². The van der Waals surface area contributed by atoms with Crippen molar-refractivity contribution in [3.8, 4) is 0 Å². The number of aliphatic hydroxyl groups is 1. The lowest BCUT2D eigenvalue weighted by molar-refractivity contribution is -0.270. The summed E-state index contributed by atoms with van der Waals surface area (Å²) in [6.45, 7) is -0.802. The van der Waals surface area contributed by atoms with Gasteiger partial charge in [-0.05, 0) is 5.56 Å². The largest absolute Gasteiger partial charge is 0.463 e. The summed E-state index contributed by atoms with van der Waals surface area (Å²) >= 11 is 0. The molecule has 0 heterocycles. The highest BCUT2D eigenvalue weighted by atomic mass is 19.4. The van der Waals surface area contributed by atoms with Crippen molar-refractivity contribution in [1.29, 1.82) is 0 Å². The molecule has 1 aromatic rings. The average molecular weight is 283 g/mol. The number of hydrogen-bond acceptors (Lipinski definition) is 2. The van der Waals surface area contributed by atoms with Gasteiger partial charge in [-0.25, -0.2) is 0 Å². The fraction of sp³-hybridized carbons (Fsp3) is 0.364. The van der Waals surface area contributed by atoms with E-state index in [1.54, 1.807) is 6.07 Å². The summed E-state index contributed by atoms with van der Waals surface area (Å²) in [5, 5.41) is 10.4. The van der Waals surface area contributed by atoms with Gasteiger partial charge in [0.05, 0.1) is 12.6 Å². The van der Waals surface area contributed by atoms with E-state index in [0.717, 1.165) is 0 Å². The third-order valence-electron chi connectivity index (χ3n) is 2.33. The summed E-state index contributed by atoms with van der Waals surface area (Å²) < 4.78 is 61.3. The van der Waals surface area contributed by atoms with E-state index in [2.05, 4.69) is 0 Å². The molecule has 0 spiro atoms. The van der Waals surface area contributed by atoms with Gasteiger partial charge in [0.2, 0.25) is 0 Å². The molecule has 0 bridgehead atoms. The smallest absolute Gasteiger partial charge is 0.394 e. The van der Waals surface area contributed by atoms with E-state index in [0.29, 0.717) is 0 Å². The van der Waals surface area contributed by atoms with Crippen molar-refractivity contribution in [1.82, 2.24) is 5.32 Å². The summed E-state index contributed by atoms with van der Waals surface area (Å²) in [4.78, 5) is 11.0. The van der Waals surface area contributed by atoms with Crippen LogP contribution in [0.15, 0.2) is 30.3 Å². The van der Waals surface area contributed by atoms with Crippen LogP contribution in [0, 0.1) is 0 Å². The zero-order chi connectivity index (χ0) is 14.7. The summed E-state index contributed by atoms with van der Waals surface area (Å²) in [6, 6.07) is 6.00. The van der Waals surface area contributed by atoms with Gasteiger partial charge in [-0.1, -0.05) is 30.3 Å². The zero-order valence-corrected chi connectivity index (χ0v) is 9.42. The predicted molar refractivity (Wildman–Crippen MR) is 55.4 cm³/mol. The van der Waals surface area contributed by atoms with Crippen LogP contribution in [0.5, 0.6) is 0 Å². The lowest BCUT2D eigenvalue weighted by atomic mass is 10.1. The first-order valence-electron chi connectivity index (χ1n) is 5.11. The molecule has 0 fully saturated rings. The van der Waals surface area contributed by atoms with Crippen LogP contribution < -0.4 is 5.32 Å². The van der Waals surface area contributed by atoms with Gasteiger partial charge in [0.15, 0.2) is 0 Å². The fourth-order valence-corrected chi connectivity index (χ4v) is 1.30. The summed E-state index contributed by atoms with van der Waals surface area (Å²) in [5.74, 6) is -8.00. The number of rotatable bonds is 4. The van der Waals surface area contributed by atoms with Gasteiger partial charge < -0.3 is 10.4 Å². The third kappa shape index (κ3) is 3.40. The van der Waals surface area contributed by atoms with Crippen LogP contribution in [-0.2, 0) is 4.79 Å². The number of carbonyl (C=O) groups is 1. The molecule has 1 rings (SSSR count). The molecular weight excluding hydrogens is 273 g/mol. The maximum Gasteiger partial charge on any atom is 0.463 e. The molecule has 0 aromatic heterocycles. The van der Waals surface area contributed by atoms with Crippen molar-refractivity contribution in [2.24, 2.45) is 0 Å². The Morgan fingerprint density at radius 2 is 1.68 bits per heavy atom. The lowest BCUT2D eigenvalue weighted by Crippen LogP contribution is -2.51. The molecule has 1 amide bonds. The van der Waals surface area contributed by atoms with Crippen molar-refractivity contribution in [2.45, 2.75) is 18.1 Å². The first-order chi connectivity index (χ1) is 8.70. The van der Waals surface area contributed by atoms with Crippen molar-refractivity contribution < 1.29 is 31.9 Å². The molecule has 0 aliphatic heterocycles. The number of hydrogen-bond donors (Lipinski definition) is 2. The maximum absolute atomic E-state index is 12.7. The number of nitrogens with one attached hydrogen (secondary N) is 1. The molecule has 8 heteroatoms. The highest BCUT2D eigenvalue weighted by Gasteiger charge is 2.63. The van der Waals surface area contributed by atoms with Gasteiger partial charge in [0, 0.05) is 0 Å². The minimum Gasteiger partial charge on any atom is -0.394 e. The molecule has 0 saturated carbocycles. The Kier molecular flexibility index (Phi) is 4.46. The molecule has 0 radical (unpaired) electrons. The molecule has 1 aromatic carbocycles. The number of aliphatic hydroxyl groups excluding tert-OH is 1. The Hall–Kier alpha value is -1.70. The van der Waals surface area contributed by atoms with Crippen LogP contribution in [0.2, 0.25) is 0 Å². The Morgan fingerprint density at radius 3 is 2.11 bits per heavy atom. The van der Waals surface area contributed by atoms with Crippen LogP contribution in [0.3, 0.4) is 0 Å². The zero-order valence-electron chi connectivity index (χ0n) is 9.42. The van der Waals surface area contributed by atoms with Crippen LogP contribution >= 0.6 is 0 Å². The molecule has 2 N–H and O–H groups in total. The van der Waals surface area contributed by atoms with E-state index in [4.69, 9.17) is 5.11 Å². The van der Waals surface area contributed by atoms with Crippen molar-refractivity contribution in [3.63, 3.8) is 0 Å². The Balaban J connectivity index is 2.86. The summed E-state index contributed by atoms with van der Waals surface area (Å²) in [7, 11) is 0. The molecule has 1 atom stereocenters. The molecule has 3 nitrogen and oxygen atoms in total.